The average molecular weight is 405 g/mol. The zero-order valence-electron chi connectivity index (χ0n) is 18.0. The van der Waals surface area contributed by atoms with Crippen molar-refractivity contribution in [1.82, 2.24) is 15.1 Å². The molecule has 4 saturated heterocycles. The van der Waals surface area contributed by atoms with Crippen LogP contribution in [0.1, 0.15) is 58.8 Å². The average Bonchev–Trinajstić information content (AvgIpc) is 3.31. The van der Waals surface area contributed by atoms with Gasteiger partial charge in [-0.1, -0.05) is 0 Å². The predicted octanol–water partition coefficient (Wildman–Crippen LogP) is 1.67. The van der Waals surface area contributed by atoms with Gasteiger partial charge in [-0.25, -0.2) is 0 Å². The van der Waals surface area contributed by atoms with Crippen molar-refractivity contribution in [3.05, 3.63) is 0 Å². The SMILES string of the molecule is CC1CC2(CN3CCC(C)(NCC(=O)N4CCCC4C#N)CC3)OCCCC2O1. The first kappa shape index (κ1) is 21.0. The summed E-state index contributed by atoms with van der Waals surface area (Å²) in [6.07, 6.45) is 7.49. The van der Waals surface area contributed by atoms with Crippen LogP contribution in [0.4, 0.5) is 0 Å². The van der Waals surface area contributed by atoms with Crippen LogP contribution in [-0.2, 0) is 14.3 Å². The van der Waals surface area contributed by atoms with Gasteiger partial charge in [0.1, 0.15) is 11.6 Å². The van der Waals surface area contributed by atoms with Crippen molar-refractivity contribution in [3.8, 4) is 6.07 Å². The molecule has 4 rings (SSSR count). The second kappa shape index (κ2) is 8.50. The Balaban J connectivity index is 1.26. The van der Waals surface area contributed by atoms with Crippen molar-refractivity contribution in [3.63, 3.8) is 0 Å². The summed E-state index contributed by atoms with van der Waals surface area (Å²) in [5.74, 6) is 0.0622. The number of hydrogen-bond donors (Lipinski definition) is 1. The normalized spacial score (nSPS) is 37.3. The molecule has 4 atom stereocenters. The highest BCUT2D eigenvalue weighted by Gasteiger charge is 2.51. The minimum atomic E-state index is -0.238. The summed E-state index contributed by atoms with van der Waals surface area (Å²) in [6.45, 7) is 9.25. The topological polar surface area (TPSA) is 77.8 Å². The fourth-order valence-electron chi connectivity index (χ4n) is 5.66. The van der Waals surface area contributed by atoms with Crippen molar-refractivity contribution in [2.45, 2.75) is 88.2 Å². The molecule has 1 N–H and O–H groups in total. The molecule has 29 heavy (non-hydrogen) atoms. The fraction of sp³-hybridized carbons (Fsp3) is 0.909. The Morgan fingerprint density at radius 2 is 2.03 bits per heavy atom. The minimum absolute atomic E-state index is 0.0298. The van der Waals surface area contributed by atoms with Gasteiger partial charge >= 0.3 is 0 Å². The zero-order valence-corrected chi connectivity index (χ0v) is 18.0. The second-order valence-electron chi connectivity index (χ2n) is 9.76. The summed E-state index contributed by atoms with van der Waals surface area (Å²) >= 11 is 0. The lowest BCUT2D eigenvalue weighted by atomic mass is 9.85. The second-order valence-corrected chi connectivity index (χ2v) is 9.76. The first-order valence-corrected chi connectivity index (χ1v) is 11.4. The molecule has 7 heteroatoms. The van der Waals surface area contributed by atoms with Crippen LogP contribution in [-0.4, -0.2) is 84.4 Å². The number of fused-ring (bicyclic) bond motifs is 1. The van der Waals surface area contributed by atoms with E-state index in [2.05, 4.69) is 30.1 Å². The number of carbonyl (C=O) groups excluding carboxylic acids is 1. The molecule has 0 aromatic rings. The fourth-order valence-corrected chi connectivity index (χ4v) is 5.66. The molecule has 0 radical (unpaired) electrons. The molecule has 4 aliphatic rings. The number of nitrogens with one attached hydrogen (secondary N) is 1. The largest absolute Gasteiger partial charge is 0.372 e. The van der Waals surface area contributed by atoms with Crippen LogP contribution in [0.15, 0.2) is 0 Å². The molecule has 0 saturated carbocycles. The number of amides is 1. The van der Waals surface area contributed by atoms with Gasteiger partial charge in [-0.2, -0.15) is 5.26 Å². The van der Waals surface area contributed by atoms with E-state index in [0.29, 0.717) is 13.1 Å². The number of rotatable bonds is 5. The number of likely N-dealkylation sites (tertiary alicyclic amines) is 2. The number of carbonyl (C=O) groups is 1. The molecule has 0 bridgehead atoms. The maximum atomic E-state index is 12.6. The van der Waals surface area contributed by atoms with E-state index < -0.39 is 0 Å². The molecule has 4 aliphatic heterocycles. The van der Waals surface area contributed by atoms with Gasteiger partial charge in [-0.05, 0) is 65.5 Å². The van der Waals surface area contributed by atoms with Crippen molar-refractivity contribution in [2.24, 2.45) is 0 Å². The van der Waals surface area contributed by atoms with Gasteiger partial charge in [-0.15, -0.1) is 0 Å². The lowest BCUT2D eigenvalue weighted by Gasteiger charge is -2.45. The van der Waals surface area contributed by atoms with E-state index in [0.717, 1.165) is 71.2 Å². The summed E-state index contributed by atoms with van der Waals surface area (Å²) in [7, 11) is 0. The van der Waals surface area contributed by atoms with E-state index >= 15 is 0 Å². The maximum absolute atomic E-state index is 12.6. The van der Waals surface area contributed by atoms with Gasteiger partial charge in [0.05, 0.1) is 24.8 Å². The molecule has 1 amide bonds. The van der Waals surface area contributed by atoms with Crippen LogP contribution in [0.2, 0.25) is 0 Å². The Morgan fingerprint density at radius 1 is 1.24 bits per heavy atom. The van der Waals surface area contributed by atoms with Gasteiger partial charge in [0.25, 0.3) is 0 Å². The van der Waals surface area contributed by atoms with Gasteiger partial charge in [-0.3, -0.25) is 4.79 Å². The Kier molecular flexibility index (Phi) is 6.17. The Labute approximate surface area is 174 Å². The lowest BCUT2D eigenvalue weighted by molar-refractivity contribution is -0.140. The molecule has 0 aliphatic carbocycles. The van der Waals surface area contributed by atoms with E-state index in [1.165, 1.54) is 0 Å². The minimum Gasteiger partial charge on any atom is -0.372 e. The van der Waals surface area contributed by atoms with Gasteiger partial charge in [0.15, 0.2) is 0 Å². The quantitative estimate of drug-likeness (QED) is 0.751. The van der Waals surface area contributed by atoms with Crippen LogP contribution in [0.25, 0.3) is 0 Å². The third-order valence-corrected chi connectivity index (χ3v) is 7.46. The molecule has 4 fully saturated rings. The van der Waals surface area contributed by atoms with Crippen molar-refractivity contribution < 1.29 is 14.3 Å². The van der Waals surface area contributed by atoms with E-state index in [4.69, 9.17) is 9.47 Å². The summed E-state index contributed by atoms with van der Waals surface area (Å²) in [5.41, 5.74) is -0.158. The van der Waals surface area contributed by atoms with Gasteiger partial charge in [0, 0.05) is 31.7 Å². The summed E-state index contributed by atoms with van der Waals surface area (Å²) in [5, 5.41) is 12.7. The highest BCUT2D eigenvalue weighted by Crippen LogP contribution is 2.40. The lowest BCUT2D eigenvalue weighted by Crippen LogP contribution is -2.58. The molecule has 0 spiro atoms. The van der Waals surface area contributed by atoms with Crippen LogP contribution >= 0.6 is 0 Å². The number of ether oxygens (including phenoxy) is 2. The van der Waals surface area contributed by atoms with Crippen LogP contribution in [0, 0.1) is 11.3 Å². The predicted molar refractivity (Wildman–Crippen MR) is 109 cm³/mol. The first-order chi connectivity index (χ1) is 13.9. The highest BCUT2D eigenvalue weighted by atomic mass is 16.6. The van der Waals surface area contributed by atoms with E-state index in [9.17, 15) is 10.1 Å². The zero-order chi connectivity index (χ0) is 20.5. The third kappa shape index (κ3) is 4.46. The number of nitrogens with zero attached hydrogens (tertiary/aromatic N) is 3. The molecule has 7 nitrogen and oxygen atoms in total. The van der Waals surface area contributed by atoms with Crippen LogP contribution in [0.3, 0.4) is 0 Å². The molecule has 162 valence electrons. The monoisotopic (exact) mass is 404 g/mol. The van der Waals surface area contributed by atoms with Crippen molar-refractivity contribution in [2.75, 3.05) is 39.3 Å². The molecule has 4 unspecified atom stereocenters. The highest BCUT2D eigenvalue weighted by molar-refractivity contribution is 5.79. The Morgan fingerprint density at radius 3 is 2.79 bits per heavy atom. The molecule has 4 heterocycles. The Bertz CT molecular complexity index is 642. The molecular weight excluding hydrogens is 368 g/mol. The number of nitriles is 1. The number of hydrogen-bond acceptors (Lipinski definition) is 6. The molecular formula is C22H36N4O3. The Hall–Kier alpha value is -1.20. The summed E-state index contributed by atoms with van der Waals surface area (Å²) in [6, 6.07) is 2.02. The van der Waals surface area contributed by atoms with Crippen molar-refractivity contribution in [1.29, 1.82) is 5.26 Å². The number of piperidine rings is 1. The van der Waals surface area contributed by atoms with Gasteiger partial charge in [0.2, 0.25) is 5.91 Å². The van der Waals surface area contributed by atoms with Crippen LogP contribution < -0.4 is 5.32 Å². The van der Waals surface area contributed by atoms with Crippen molar-refractivity contribution >= 4 is 5.91 Å². The third-order valence-electron chi connectivity index (χ3n) is 7.46. The molecule has 0 aromatic carbocycles. The van der Waals surface area contributed by atoms with E-state index in [1.807, 2.05) is 0 Å². The van der Waals surface area contributed by atoms with Crippen LogP contribution in [0.5, 0.6) is 0 Å². The first-order valence-electron chi connectivity index (χ1n) is 11.4. The summed E-state index contributed by atoms with van der Waals surface area (Å²) in [4.78, 5) is 16.8. The maximum Gasteiger partial charge on any atom is 0.237 e. The van der Waals surface area contributed by atoms with Gasteiger partial charge < -0.3 is 24.6 Å². The van der Waals surface area contributed by atoms with E-state index in [1.54, 1.807) is 4.90 Å². The summed E-state index contributed by atoms with van der Waals surface area (Å²) < 4.78 is 12.5. The van der Waals surface area contributed by atoms with E-state index in [-0.39, 0.29) is 35.3 Å². The smallest absolute Gasteiger partial charge is 0.237 e. The standard InChI is InChI=1S/C22H36N4O3/c1-17-13-22(19(29-17)6-4-12-28-22)16-25-10-7-21(2,8-11-25)24-15-20(27)26-9-3-5-18(26)14-23/h17-19,24H,3-13,15-16H2,1-2H3. The molecule has 0 aromatic heterocycles.